The van der Waals surface area contributed by atoms with E-state index in [1.54, 1.807) is 31.2 Å². The van der Waals surface area contributed by atoms with Gasteiger partial charge in [-0.1, -0.05) is 23.7 Å². The number of methoxy groups -OCH3 is 1. The van der Waals surface area contributed by atoms with Gasteiger partial charge in [0.2, 0.25) is 11.7 Å². The van der Waals surface area contributed by atoms with Crippen LogP contribution in [0.15, 0.2) is 28.8 Å². The van der Waals surface area contributed by atoms with Gasteiger partial charge in [0, 0.05) is 5.56 Å². The van der Waals surface area contributed by atoms with Crippen molar-refractivity contribution in [2.45, 2.75) is 38.8 Å². The number of carbonyl (C=O) groups is 2. The Labute approximate surface area is 157 Å². The molecule has 27 heavy (non-hydrogen) atoms. The summed E-state index contributed by atoms with van der Waals surface area (Å²) in [4.78, 5) is 30.1. The number of piperidine rings is 1. The number of rotatable bonds is 6. The summed E-state index contributed by atoms with van der Waals surface area (Å²) in [5.41, 5.74) is 1.19. The summed E-state index contributed by atoms with van der Waals surface area (Å²) in [7, 11) is 1.34. The minimum atomic E-state index is -0.398. The second-order valence-electron chi connectivity index (χ2n) is 6.31. The first kappa shape index (κ1) is 19.0. The van der Waals surface area contributed by atoms with E-state index in [4.69, 9.17) is 9.26 Å². The molecule has 144 valence electrons. The highest BCUT2D eigenvalue weighted by molar-refractivity contribution is 5.89. The summed E-state index contributed by atoms with van der Waals surface area (Å²) >= 11 is 0. The van der Waals surface area contributed by atoms with Crippen molar-refractivity contribution in [3.63, 3.8) is 0 Å². The van der Waals surface area contributed by atoms with Crippen molar-refractivity contribution in [3.05, 3.63) is 35.7 Å². The second kappa shape index (κ2) is 8.77. The van der Waals surface area contributed by atoms with Crippen molar-refractivity contribution < 1.29 is 23.6 Å². The molecule has 0 amide bonds. The molecule has 0 N–H and O–H groups in total. The Balaban J connectivity index is 1.69. The van der Waals surface area contributed by atoms with E-state index >= 15 is 0 Å². The number of esters is 2. The maximum Gasteiger partial charge on any atom is 0.337 e. The standard InChI is InChI=1S/C19H23N3O5/c1-3-26-19(24)15-6-4-5-11-22(15)12-16-20-17(21-27-16)13-7-9-14(10-8-13)18(23)25-2/h7-10,15H,3-6,11-12H2,1-2H3/t15-/m0/s1. The Kier molecular flexibility index (Phi) is 6.18. The van der Waals surface area contributed by atoms with E-state index in [0.29, 0.717) is 30.4 Å². The van der Waals surface area contributed by atoms with Gasteiger partial charge in [-0.05, 0) is 38.4 Å². The number of ether oxygens (including phenoxy) is 2. The number of carbonyl (C=O) groups excluding carboxylic acids is 2. The Morgan fingerprint density at radius 3 is 2.74 bits per heavy atom. The zero-order valence-corrected chi connectivity index (χ0v) is 15.5. The molecule has 8 nitrogen and oxygen atoms in total. The van der Waals surface area contributed by atoms with Crippen molar-refractivity contribution in [1.29, 1.82) is 0 Å². The monoisotopic (exact) mass is 373 g/mol. The molecule has 2 aromatic rings. The number of likely N-dealkylation sites (tertiary alicyclic amines) is 1. The highest BCUT2D eigenvalue weighted by Gasteiger charge is 2.31. The highest BCUT2D eigenvalue weighted by atomic mass is 16.5. The lowest BCUT2D eigenvalue weighted by Gasteiger charge is -2.32. The number of benzene rings is 1. The van der Waals surface area contributed by atoms with Gasteiger partial charge in [-0.2, -0.15) is 4.98 Å². The maximum atomic E-state index is 12.2. The van der Waals surface area contributed by atoms with Crippen molar-refractivity contribution >= 4 is 11.9 Å². The molecule has 1 saturated heterocycles. The number of aromatic nitrogens is 2. The fraction of sp³-hybridized carbons (Fsp3) is 0.474. The molecule has 0 aliphatic carbocycles. The average molecular weight is 373 g/mol. The molecule has 0 unspecified atom stereocenters. The molecule has 0 saturated carbocycles. The summed E-state index contributed by atoms with van der Waals surface area (Å²) in [5, 5.41) is 4.01. The maximum absolute atomic E-state index is 12.2. The van der Waals surface area contributed by atoms with Gasteiger partial charge in [-0.15, -0.1) is 0 Å². The molecule has 2 heterocycles. The average Bonchev–Trinajstić information content (AvgIpc) is 3.16. The van der Waals surface area contributed by atoms with Crippen LogP contribution in [0.3, 0.4) is 0 Å². The number of hydrogen-bond acceptors (Lipinski definition) is 8. The van der Waals surface area contributed by atoms with E-state index in [1.165, 1.54) is 7.11 Å². The van der Waals surface area contributed by atoms with Crippen LogP contribution in [0.5, 0.6) is 0 Å². The molecule has 1 aromatic carbocycles. The minimum absolute atomic E-state index is 0.199. The summed E-state index contributed by atoms with van der Waals surface area (Å²) in [6.07, 6.45) is 2.79. The van der Waals surface area contributed by atoms with Gasteiger partial charge in [0.1, 0.15) is 6.04 Å². The third kappa shape index (κ3) is 4.51. The predicted molar refractivity (Wildman–Crippen MR) is 95.8 cm³/mol. The molecule has 8 heteroatoms. The van der Waals surface area contributed by atoms with Crippen LogP contribution >= 0.6 is 0 Å². The molecule has 0 spiro atoms. The van der Waals surface area contributed by atoms with Gasteiger partial charge < -0.3 is 14.0 Å². The summed E-state index contributed by atoms with van der Waals surface area (Å²) in [6.45, 7) is 3.36. The molecule has 0 radical (unpaired) electrons. The first-order chi connectivity index (χ1) is 13.1. The van der Waals surface area contributed by atoms with E-state index in [2.05, 4.69) is 14.9 Å². The lowest BCUT2D eigenvalue weighted by Crippen LogP contribution is -2.45. The third-order valence-corrected chi connectivity index (χ3v) is 4.54. The fourth-order valence-electron chi connectivity index (χ4n) is 3.17. The van der Waals surface area contributed by atoms with Gasteiger partial charge >= 0.3 is 11.9 Å². The van der Waals surface area contributed by atoms with Crippen LogP contribution in [0.2, 0.25) is 0 Å². The van der Waals surface area contributed by atoms with E-state index in [1.807, 2.05) is 4.90 Å². The van der Waals surface area contributed by atoms with Crippen LogP contribution in [-0.2, 0) is 20.8 Å². The Morgan fingerprint density at radius 2 is 2.04 bits per heavy atom. The molecule has 1 aromatic heterocycles. The first-order valence-corrected chi connectivity index (χ1v) is 9.04. The van der Waals surface area contributed by atoms with Crippen LogP contribution < -0.4 is 0 Å². The fourth-order valence-corrected chi connectivity index (χ4v) is 3.17. The lowest BCUT2D eigenvalue weighted by atomic mass is 10.0. The molecular weight excluding hydrogens is 350 g/mol. The number of hydrogen-bond donors (Lipinski definition) is 0. The van der Waals surface area contributed by atoms with E-state index in [9.17, 15) is 9.59 Å². The van der Waals surface area contributed by atoms with Crippen LogP contribution in [0.4, 0.5) is 0 Å². The Hall–Kier alpha value is -2.74. The Morgan fingerprint density at radius 1 is 1.26 bits per heavy atom. The van der Waals surface area contributed by atoms with Gasteiger partial charge in [0.15, 0.2) is 0 Å². The second-order valence-corrected chi connectivity index (χ2v) is 6.31. The minimum Gasteiger partial charge on any atom is -0.465 e. The molecule has 0 bridgehead atoms. The summed E-state index contributed by atoms with van der Waals surface area (Å²) in [5.74, 6) is 0.283. The SMILES string of the molecule is CCOC(=O)[C@@H]1CCCCN1Cc1nc(-c2ccc(C(=O)OC)cc2)no1. The van der Waals surface area contributed by atoms with E-state index in [0.717, 1.165) is 31.4 Å². The highest BCUT2D eigenvalue weighted by Crippen LogP contribution is 2.22. The van der Waals surface area contributed by atoms with Crippen molar-refractivity contribution in [3.8, 4) is 11.4 Å². The zero-order chi connectivity index (χ0) is 19.2. The molecule has 1 atom stereocenters. The molecule has 1 fully saturated rings. The van der Waals surface area contributed by atoms with Crippen molar-refractivity contribution in [2.75, 3.05) is 20.3 Å². The largest absolute Gasteiger partial charge is 0.465 e. The molecular formula is C19H23N3O5. The molecule has 1 aliphatic rings. The van der Waals surface area contributed by atoms with E-state index in [-0.39, 0.29) is 12.0 Å². The van der Waals surface area contributed by atoms with Crippen LogP contribution in [0.25, 0.3) is 11.4 Å². The molecule has 3 rings (SSSR count). The van der Waals surface area contributed by atoms with Crippen LogP contribution in [0.1, 0.15) is 42.4 Å². The third-order valence-electron chi connectivity index (χ3n) is 4.54. The predicted octanol–water partition coefficient (Wildman–Crippen LogP) is 2.44. The van der Waals surface area contributed by atoms with Gasteiger partial charge in [-0.3, -0.25) is 9.69 Å². The lowest BCUT2D eigenvalue weighted by molar-refractivity contribution is -0.151. The van der Waals surface area contributed by atoms with Crippen LogP contribution in [-0.4, -0.2) is 53.3 Å². The number of nitrogens with zero attached hydrogens (tertiary/aromatic N) is 3. The zero-order valence-electron chi connectivity index (χ0n) is 15.5. The summed E-state index contributed by atoms with van der Waals surface area (Å²) < 4.78 is 15.2. The van der Waals surface area contributed by atoms with Gasteiger partial charge in [-0.25, -0.2) is 4.79 Å². The van der Waals surface area contributed by atoms with Crippen LogP contribution in [0, 0.1) is 0 Å². The first-order valence-electron chi connectivity index (χ1n) is 9.04. The van der Waals surface area contributed by atoms with Crippen molar-refractivity contribution in [2.24, 2.45) is 0 Å². The van der Waals surface area contributed by atoms with Crippen molar-refractivity contribution in [1.82, 2.24) is 15.0 Å². The normalized spacial score (nSPS) is 17.5. The summed E-state index contributed by atoms with van der Waals surface area (Å²) in [6, 6.07) is 6.51. The smallest absolute Gasteiger partial charge is 0.337 e. The Bertz CT molecular complexity index is 787. The topological polar surface area (TPSA) is 94.8 Å². The quantitative estimate of drug-likeness (QED) is 0.713. The molecule has 1 aliphatic heterocycles. The van der Waals surface area contributed by atoms with E-state index < -0.39 is 5.97 Å². The van der Waals surface area contributed by atoms with Gasteiger partial charge in [0.25, 0.3) is 0 Å². The van der Waals surface area contributed by atoms with Gasteiger partial charge in [0.05, 0.1) is 25.8 Å².